The zero-order chi connectivity index (χ0) is 20.9. The highest BCUT2D eigenvalue weighted by molar-refractivity contribution is 5.94. The van der Waals surface area contributed by atoms with Gasteiger partial charge in [-0.3, -0.25) is 10.4 Å². The number of amidine groups is 1. The van der Waals surface area contributed by atoms with Crippen molar-refractivity contribution in [1.29, 1.82) is 5.41 Å². The first-order chi connectivity index (χ1) is 14.0. The molecule has 8 N–H and O–H groups in total. The van der Waals surface area contributed by atoms with Gasteiger partial charge in [0.15, 0.2) is 5.96 Å². The second-order valence-electron chi connectivity index (χ2n) is 7.58. The fraction of sp³-hybridized carbons (Fsp3) is 0.619. The number of rotatable bonds is 13. The second-order valence-corrected chi connectivity index (χ2v) is 7.58. The van der Waals surface area contributed by atoms with E-state index in [9.17, 15) is 0 Å². The summed E-state index contributed by atoms with van der Waals surface area (Å²) >= 11 is 0. The largest absolute Gasteiger partial charge is 0.494 e. The predicted octanol–water partition coefficient (Wildman–Crippen LogP) is 1.66. The van der Waals surface area contributed by atoms with Crippen LogP contribution in [0.4, 0.5) is 0 Å². The fourth-order valence-electron chi connectivity index (χ4n) is 3.50. The minimum atomic E-state index is 0. The summed E-state index contributed by atoms with van der Waals surface area (Å²) in [5.74, 6) is 1.10. The zero-order valence-electron chi connectivity index (χ0n) is 17.8. The van der Waals surface area contributed by atoms with E-state index < -0.39 is 0 Å². The lowest BCUT2D eigenvalue weighted by atomic mass is 10.0. The van der Waals surface area contributed by atoms with Gasteiger partial charge in [0.25, 0.3) is 0 Å². The highest BCUT2D eigenvalue weighted by Crippen LogP contribution is 2.13. The number of aliphatic imine (C=N–C) groups is 1. The lowest BCUT2D eigenvalue weighted by Gasteiger charge is -2.32. The number of nitrogen functional groups attached to an aromatic ring is 1. The van der Waals surface area contributed by atoms with Gasteiger partial charge in [-0.25, -0.2) is 0 Å². The van der Waals surface area contributed by atoms with Crippen LogP contribution >= 0.6 is 12.4 Å². The molecule has 2 rings (SSSR count). The minimum absolute atomic E-state index is 0. The summed E-state index contributed by atoms with van der Waals surface area (Å²) in [5, 5.41) is 11.1. The van der Waals surface area contributed by atoms with Crippen molar-refractivity contribution in [3.05, 3.63) is 29.8 Å². The molecule has 0 saturated carbocycles. The number of piperidine rings is 1. The van der Waals surface area contributed by atoms with Gasteiger partial charge in [0.05, 0.1) is 6.61 Å². The molecule has 0 aliphatic carbocycles. The summed E-state index contributed by atoms with van der Waals surface area (Å²) in [5.41, 5.74) is 16.8. The Labute approximate surface area is 186 Å². The molecule has 0 unspecified atom stereocenters. The van der Waals surface area contributed by atoms with Crippen LogP contribution in [0.15, 0.2) is 29.3 Å². The number of guanidine groups is 1. The molecule has 0 amide bonds. The summed E-state index contributed by atoms with van der Waals surface area (Å²) in [7, 11) is 0. The van der Waals surface area contributed by atoms with Crippen molar-refractivity contribution >= 4 is 24.2 Å². The summed E-state index contributed by atoms with van der Waals surface area (Å²) in [6.45, 7) is 5.88. The summed E-state index contributed by atoms with van der Waals surface area (Å²) < 4.78 is 5.79. The molecule has 0 spiro atoms. The minimum Gasteiger partial charge on any atom is -0.494 e. The van der Waals surface area contributed by atoms with Crippen LogP contribution in [-0.4, -0.2) is 62.1 Å². The third kappa shape index (κ3) is 10.7. The van der Waals surface area contributed by atoms with Gasteiger partial charge in [-0.15, -0.1) is 12.4 Å². The molecule has 8 nitrogen and oxygen atoms in total. The molecule has 1 heterocycles. The van der Waals surface area contributed by atoms with Crippen LogP contribution in [0.3, 0.4) is 0 Å². The lowest BCUT2D eigenvalue weighted by Crippen LogP contribution is -2.43. The van der Waals surface area contributed by atoms with Crippen molar-refractivity contribution in [3.63, 3.8) is 0 Å². The number of nitrogens with two attached hydrogens (primary N) is 3. The van der Waals surface area contributed by atoms with Crippen LogP contribution in [0, 0.1) is 5.41 Å². The number of hydrogen-bond acceptors (Lipinski definition) is 5. The molecule has 1 aromatic carbocycles. The Kier molecular flexibility index (Phi) is 12.9. The number of halogens is 1. The first-order valence-electron chi connectivity index (χ1n) is 10.6. The fourth-order valence-corrected chi connectivity index (χ4v) is 3.50. The van der Waals surface area contributed by atoms with Crippen molar-refractivity contribution in [2.75, 3.05) is 39.3 Å². The van der Waals surface area contributed by atoms with Crippen LogP contribution in [-0.2, 0) is 0 Å². The lowest BCUT2D eigenvalue weighted by molar-refractivity contribution is 0.182. The third-order valence-corrected chi connectivity index (χ3v) is 5.20. The van der Waals surface area contributed by atoms with E-state index in [-0.39, 0.29) is 24.2 Å². The summed E-state index contributed by atoms with van der Waals surface area (Å²) in [6, 6.07) is 8.02. The van der Waals surface area contributed by atoms with E-state index in [1.165, 1.54) is 19.3 Å². The van der Waals surface area contributed by atoms with E-state index >= 15 is 0 Å². The third-order valence-electron chi connectivity index (χ3n) is 5.20. The number of benzene rings is 1. The quantitative estimate of drug-likeness (QED) is 0.180. The maximum atomic E-state index is 7.40. The Hall–Kier alpha value is -2.03. The van der Waals surface area contributed by atoms with Gasteiger partial charge in [-0.05, 0) is 76.0 Å². The number of nitrogens with zero attached hydrogens (tertiary/aromatic N) is 2. The normalized spacial score (nSPS) is 14.7. The Balaban J connectivity index is 0.00000450. The monoisotopic (exact) mass is 439 g/mol. The van der Waals surface area contributed by atoms with Crippen molar-refractivity contribution in [2.24, 2.45) is 22.2 Å². The second kappa shape index (κ2) is 14.9. The molecule has 30 heavy (non-hydrogen) atoms. The van der Waals surface area contributed by atoms with Gasteiger partial charge in [-0.2, -0.15) is 0 Å². The summed E-state index contributed by atoms with van der Waals surface area (Å²) in [4.78, 5) is 6.53. The number of unbranched alkanes of at least 4 members (excludes halogenated alkanes) is 2. The molecular weight excluding hydrogens is 402 g/mol. The maximum absolute atomic E-state index is 7.40. The highest BCUT2D eigenvalue weighted by Gasteiger charge is 2.18. The molecule has 0 aromatic heterocycles. The number of ether oxygens (including phenoxy) is 1. The van der Waals surface area contributed by atoms with Gasteiger partial charge in [0.2, 0.25) is 0 Å². The van der Waals surface area contributed by atoms with Crippen molar-refractivity contribution in [3.8, 4) is 5.75 Å². The molecule has 1 aromatic rings. The SMILES string of the molecule is Cl.N=C(N)c1ccc(OCCCN2CCC(NCCCCCN=C(N)N)CC2)cc1. The Bertz CT molecular complexity index is 627. The molecule has 170 valence electrons. The summed E-state index contributed by atoms with van der Waals surface area (Å²) in [6.07, 6.45) is 6.80. The van der Waals surface area contributed by atoms with Crippen molar-refractivity contribution in [2.45, 2.75) is 44.6 Å². The van der Waals surface area contributed by atoms with Gasteiger partial charge >= 0.3 is 0 Å². The van der Waals surface area contributed by atoms with E-state index in [1.54, 1.807) is 0 Å². The van der Waals surface area contributed by atoms with Crippen molar-refractivity contribution < 1.29 is 4.74 Å². The van der Waals surface area contributed by atoms with Gasteiger partial charge in [0, 0.05) is 24.7 Å². The molecule has 0 radical (unpaired) electrons. The first-order valence-corrected chi connectivity index (χ1v) is 10.6. The molecule has 0 atom stereocenters. The zero-order valence-corrected chi connectivity index (χ0v) is 18.6. The average Bonchev–Trinajstić information content (AvgIpc) is 2.71. The molecular formula is C21H38ClN7O. The first kappa shape index (κ1) is 26.0. The van der Waals surface area contributed by atoms with E-state index in [0.29, 0.717) is 12.6 Å². The van der Waals surface area contributed by atoms with E-state index in [0.717, 1.165) is 63.3 Å². The van der Waals surface area contributed by atoms with E-state index in [4.69, 9.17) is 27.3 Å². The average molecular weight is 440 g/mol. The van der Waals surface area contributed by atoms with Gasteiger partial charge in [-0.1, -0.05) is 6.42 Å². The Morgan fingerprint density at radius 1 is 1.07 bits per heavy atom. The van der Waals surface area contributed by atoms with Gasteiger partial charge in [0.1, 0.15) is 11.6 Å². The van der Waals surface area contributed by atoms with Crippen LogP contribution in [0.5, 0.6) is 5.75 Å². The van der Waals surface area contributed by atoms with Crippen LogP contribution < -0.4 is 27.3 Å². The topological polar surface area (TPSA) is 139 Å². The predicted molar refractivity (Wildman–Crippen MR) is 127 cm³/mol. The molecule has 9 heteroatoms. The van der Waals surface area contributed by atoms with Crippen molar-refractivity contribution in [1.82, 2.24) is 10.2 Å². The molecule has 0 bridgehead atoms. The Morgan fingerprint density at radius 3 is 2.40 bits per heavy atom. The molecule has 1 aliphatic rings. The maximum Gasteiger partial charge on any atom is 0.185 e. The molecule has 1 fully saturated rings. The number of likely N-dealkylation sites (tertiary alicyclic amines) is 1. The van der Waals surface area contributed by atoms with E-state index in [1.807, 2.05) is 24.3 Å². The number of nitrogens with one attached hydrogen (secondary N) is 2. The highest BCUT2D eigenvalue weighted by atomic mass is 35.5. The smallest absolute Gasteiger partial charge is 0.185 e. The van der Waals surface area contributed by atoms with Gasteiger partial charge < -0.3 is 32.2 Å². The molecule has 1 aliphatic heterocycles. The van der Waals surface area contributed by atoms with Crippen LogP contribution in [0.25, 0.3) is 0 Å². The Morgan fingerprint density at radius 2 is 1.77 bits per heavy atom. The standard InChI is InChI=1S/C21H37N7O.ClH/c22-20(23)17-5-7-19(8-6-17)29-16-4-13-28-14-9-18(10-15-28)26-11-2-1-3-12-27-21(24)25;/h5-8,18,26H,1-4,9-16H2,(H3,22,23)(H4,24,25,27);1H. The van der Waals surface area contributed by atoms with E-state index in [2.05, 4.69) is 15.2 Å². The number of hydrogen-bond donors (Lipinski definition) is 5. The van der Waals surface area contributed by atoms with Crippen LogP contribution in [0.1, 0.15) is 44.1 Å². The van der Waals surface area contributed by atoms with Crippen LogP contribution in [0.2, 0.25) is 0 Å². The molecule has 1 saturated heterocycles.